The molecule has 0 unspecified atom stereocenters. The highest BCUT2D eigenvalue weighted by molar-refractivity contribution is 6.11. The van der Waals surface area contributed by atoms with Crippen molar-refractivity contribution in [1.82, 2.24) is 10.2 Å². The van der Waals surface area contributed by atoms with Gasteiger partial charge in [0.15, 0.2) is 0 Å². The van der Waals surface area contributed by atoms with Crippen molar-refractivity contribution in [3.8, 4) is 0 Å². The number of esters is 1. The van der Waals surface area contributed by atoms with Crippen LogP contribution in [-0.4, -0.2) is 41.9 Å². The summed E-state index contributed by atoms with van der Waals surface area (Å²) >= 11 is 0. The number of aryl methyl sites for hydroxylation is 1. The van der Waals surface area contributed by atoms with Gasteiger partial charge in [-0.2, -0.15) is 0 Å². The van der Waals surface area contributed by atoms with Gasteiger partial charge < -0.3 is 15.4 Å². The molecular formula is C23H23N3O5. The lowest BCUT2D eigenvalue weighted by Crippen LogP contribution is -2.47. The lowest BCUT2D eigenvalue weighted by Gasteiger charge is -2.33. The molecule has 1 atom stereocenters. The number of ether oxygens (including phenoxy) is 1. The lowest BCUT2D eigenvalue weighted by atomic mass is 9.76. The van der Waals surface area contributed by atoms with Gasteiger partial charge in [0.2, 0.25) is 5.91 Å². The van der Waals surface area contributed by atoms with Gasteiger partial charge in [-0.25, -0.2) is 9.59 Å². The van der Waals surface area contributed by atoms with E-state index in [0.717, 1.165) is 28.9 Å². The van der Waals surface area contributed by atoms with Gasteiger partial charge in [-0.15, -0.1) is 0 Å². The molecule has 1 fully saturated rings. The molecule has 2 N–H and O–H groups in total. The van der Waals surface area contributed by atoms with Crippen molar-refractivity contribution >= 4 is 29.5 Å². The van der Waals surface area contributed by atoms with Crippen molar-refractivity contribution in [1.29, 1.82) is 0 Å². The van der Waals surface area contributed by atoms with Gasteiger partial charge in [-0.3, -0.25) is 14.5 Å². The Bertz CT molecular complexity index is 1070. The van der Waals surface area contributed by atoms with Crippen molar-refractivity contribution in [2.24, 2.45) is 0 Å². The number of anilines is 1. The van der Waals surface area contributed by atoms with Crippen LogP contribution in [0.1, 0.15) is 41.3 Å². The Labute approximate surface area is 179 Å². The predicted molar refractivity (Wildman–Crippen MR) is 112 cm³/mol. The van der Waals surface area contributed by atoms with Crippen LogP contribution in [-0.2, 0) is 26.3 Å². The minimum atomic E-state index is -1.13. The molecule has 1 saturated heterocycles. The fraction of sp³-hybridized carbons (Fsp3) is 0.304. The summed E-state index contributed by atoms with van der Waals surface area (Å²) < 4.78 is 5.01. The van der Waals surface area contributed by atoms with Gasteiger partial charge >= 0.3 is 12.0 Å². The van der Waals surface area contributed by atoms with E-state index in [1.165, 1.54) is 6.07 Å². The molecule has 8 nitrogen and oxygen atoms in total. The summed E-state index contributed by atoms with van der Waals surface area (Å²) in [7, 11) is 0. The third kappa shape index (κ3) is 3.65. The summed E-state index contributed by atoms with van der Waals surface area (Å²) in [5, 5.41) is 5.44. The number of rotatable bonds is 5. The highest BCUT2D eigenvalue weighted by Gasteiger charge is 2.54. The zero-order valence-electron chi connectivity index (χ0n) is 17.1. The van der Waals surface area contributed by atoms with E-state index in [1.54, 1.807) is 25.1 Å². The molecule has 2 aromatic rings. The van der Waals surface area contributed by atoms with E-state index in [9.17, 15) is 19.2 Å². The third-order valence-corrected chi connectivity index (χ3v) is 5.65. The molecule has 2 aliphatic rings. The van der Waals surface area contributed by atoms with Gasteiger partial charge in [0.05, 0.1) is 17.9 Å². The number of benzene rings is 2. The second-order valence-electron chi connectivity index (χ2n) is 7.55. The number of hydrogen-bond donors (Lipinski definition) is 2. The second-order valence-corrected chi connectivity index (χ2v) is 7.55. The first-order chi connectivity index (χ1) is 15.0. The normalized spacial score (nSPS) is 19.7. The molecule has 1 heterocycles. The summed E-state index contributed by atoms with van der Waals surface area (Å²) in [6.45, 7) is 1.44. The molecule has 4 rings (SSSR count). The molecule has 1 spiro atoms. The van der Waals surface area contributed by atoms with Crippen LogP contribution in [0.4, 0.5) is 10.5 Å². The maximum absolute atomic E-state index is 13.3. The van der Waals surface area contributed by atoms with Crippen molar-refractivity contribution in [3.63, 3.8) is 0 Å². The van der Waals surface area contributed by atoms with Crippen LogP contribution in [0.25, 0.3) is 0 Å². The number of para-hydroxylation sites is 1. The van der Waals surface area contributed by atoms with E-state index >= 15 is 0 Å². The fourth-order valence-corrected chi connectivity index (χ4v) is 4.27. The van der Waals surface area contributed by atoms with Crippen LogP contribution in [0.3, 0.4) is 0 Å². The number of carbonyl (C=O) groups is 4. The summed E-state index contributed by atoms with van der Waals surface area (Å²) in [5.74, 6) is -1.58. The first-order valence-corrected chi connectivity index (χ1v) is 10.2. The maximum atomic E-state index is 13.3. The molecule has 1 aliphatic carbocycles. The van der Waals surface area contributed by atoms with Crippen molar-refractivity contribution in [2.75, 3.05) is 18.5 Å². The molecular weight excluding hydrogens is 398 g/mol. The van der Waals surface area contributed by atoms with Gasteiger partial charge in [-0.05, 0) is 49.4 Å². The Hall–Kier alpha value is -3.68. The Morgan fingerprint density at radius 1 is 1.13 bits per heavy atom. The van der Waals surface area contributed by atoms with Crippen LogP contribution < -0.4 is 10.6 Å². The topological polar surface area (TPSA) is 105 Å². The molecule has 8 heteroatoms. The SMILES string of the molecule is CCOC(=O)c1ccccc1NC(=O)CN1C(=O)N[C@]2(CCCc3ccccc32)C1=O. The Kier molecular flexibility index (Phi) is 5.46. The third-order valence-electron chi connectivity index (χ3n) is 5.65. The van der Waals surface area contributed by atoms with Gasteiger partial charge in [0.1, 0.15) is 12.1 Å². The number of nitrogens with one attached hydrogen (secondary N) is 2. The number of amides is 4. The smallest absolute Gasteiger partial charge is 0.340 e. The number of imide groups is 1. The zero-order valence-corrected chi connectivity index (χ0v) is 17.1. The van der Waals surface area contributed by atoms with Crippen LogP contribution in [0, 0.1) is 0 Å². The zero-order chi connectivity index (χ0) is 22.0. The fourth-order valence-electron chi connectivity index (χ4n) is 4.27. The summed E-state index contributed by atoms with van der Waals surface area (Å²) in [6.07, 6.45) is 2.08. The van der Waals surface area contributed by atoms with E-state index in [0.29, 0.717) is 6.42 Å². The van der Waals surface area contributed by atoms with E-state index < -0.39 is 35.9 Å². The largest absolute Gasteiger partial charge is 0.462 e. The first kappa shape index (κ1) is 20.6. The van der Waals surface area contributed by atoms with Crippen molar-refractivity contribution < 1.29 is 23.9 Å². The minimum absolute atomic E-state index is 0.201. The summed E-state index contributed by atoms with van der Waals surface area (Å²) in [5.41, 5.74) is 1.14. The molecule has 0 aromatic heterocycles. The summed E-state index contributed by atoms with van der Waals surface area (Å²) in [4.78, 5) is 51.7. The van der Waals surface area contributed by atoms with Crippen LogP contribution >= 0.6 is 0 Å². The molecule has 0 saturated carbocycles. The molecule has 0 radical (unpaired) electrons. The number of urea groups is 1. The van der Waals surface area contributed by atoms with E-state index in [4.69, 9.17) is 4.74 Å². The number of hydrogen-bond acceptors (Lipinski definition) is 5. The van der Waals surface area contributed by atoms with Crippen LogP contribution in [0.15, 0.2) is 48.5 Å². The number of carbonyl (C=O) groups excluding carboxylic acids is 4. The van der Waals surface area contributed by atoms with Crippen molar-refractivity contribution in [3.05, 3.63) is 65.2 Å². The molecule has 0 bridgehead atoms. The standard InChI is InChI=1S/C23H23N3O5/c1-2-31-20(28)16-10-4-6-12-18(16)24-19(27)14-26-21(29)23(25-22(26)30)13-7-9-15-8-3-5-11-17(15)23/h3-6,8,10-12H,2,7,9,13-14H2,1H3,(H,24,27)(H,25,30)/t23-/m0/s1. The Morgan fingerprint density at radius 3 is 2.68 bits per heavy atom. The van der Waals surface area contributed by atoms with E-state index in [2.05, 4.69) is 10.6 Å². The quantitative estimate of drug-likeness (QED) is 0.570. The second kappa shape index (κ2) is 8.22. The Balaban J connectivity index is 1.53. The van der Waals surface area contributed by atoms with Crippen LogP contribution in [0.5, 0.6) is 0 Å². The lowest BCUT2D eigenvalue weighted by molar-refractivity contribution is -0.134. The van der Waals surface area contributed by atoms with E-state index in [1.807, 2.05) is 24.3 Å². The van der Waals surface area contributed by atoms with Gasteiger partial charge in [-0.1, -0.05) is 36.4 Å². The summed E-state index contributed by atoms with van der Waals surface area (Å²) in [6, 6.07) is 13.4. The first-order valence-electron chi connectivity index (χ1n) is 10.2. The van der Waals surface area contributed by atoms with Gasteiger partial charge in [0, 0.05) is 0 Å². The minimum Gasteiger partial charge on any atom is -0.462 e. The van der Waals surface area contributed by atoms with Gasteiger partial charge in [0.25, 0.3) is 5.91 Å². The van der Waals surface area contributed by atoms with Crippen molar-refractivity contribution in [2.45, 2.75) is 31.7 Å². The van der Waals surface area contributed by atoms with Crippen LogP contribution in [0.2, 0.25) is 0 Å². The number of nitrogens with zero attached hydrogens (tertiary/aromatic N) is 1. The predicted octanol–water partition coefficient (Wildman–Crippen LogP) is 2.59. The molecule has 4 amide bonds. The molecule has 1 aliphatic heterocycles. The number of fused-ring (bicyclic) bond motifs is 2. The highest BCUT2D eigenvalue weighted by Crippen LogP contribution is 2.39. The molecule has 160 valence electrons. The maximum Gasteiger partial charge on any atom is 0.340 e. The highest BCUT2D eigenvalue weighted by atomic mass is 16.5. The average molecular weight is 421 g/mol. The van der Waals surface area contributed by atoms with E-state index in [-0.39, 0.29) is 17.9 Å². The molecule has 2 aromatic carbocycles. The monoisotopic (exact) mass is 421 g/mol. The average Bonchev–Trinajstić information content (AvgIpc) is 2.99. The molecule has 31 heavy (non-hydrogen) atoms. The Morgan fingerprint density at radius 2 is 1.87 bits per heavy atom.